The highest BCUT2D eigenvalue weighted by molar-refractivity contribution is 8.00. The lowest BCUT2D eigenvalue weighted by atomic mass is 10.2. The molecule has 0 radical (unpaired) electrons. The quantitative estimate of drug-likeness (QED) is 0.610. The molecule has 0 fully saturated rings. The smallest absolute Gasteiger partial charge is 0.234 e. The molecule has 5 nitrogen and oxygen atoms in total. The maximum absolute atomic E-state index is 11.0. The Bertz CT molecular complexity index is 433. The van der Waals surface area contributed by atoms with Crippen LogP contribution in [-0.4, -0.2) is 16.6 Å². The van der Waals surface area contributed by atoms with Gasteiger partial charge in [-0.1, -0.05) is 6.07 Å². The molecule has 0 unspecified atom stereocenters. The summed E-state index contributed by atoms with van der Waals surface area (Å²) in [4.78, 5) is 21.9. The molecule has 1 aliphatic heterocycles. The normalized spacial score (nSPS) is 14.3. The highest BCUT2D eigenvalue weighted by Gasteiger charge is 2.16. The van der Waals surface area contributed by atoms with Crippen molar-refractivity contribution in [3.8, 4) is 0 Å². The molecule has 0 saturated heterocycles. The van der Waals surface area contributed by atoms with Gasteiger partial charge in [-0.2, -0.15) is 0 Å². The average Bonchev–Trinajstić information content (AvgIpc) is 2.17. The maximum atomic E-state index is 11.0. The standard InChI is InChI=1S/C9H8N2O3S/c12-9-5-15-8-3-6(4-11(13)14)1-2-7(8)10-9/h1-3H,4-5H2,(H,10,12). The van der Waals surface area contributed by atoms with E-state index in [2.05, 4.69) is 5.32 Å². The number of hydrogen-bond donors (Lipinski definition) is 1. The molecule has 1 amide bonds. The molecule has 1 aliphatic rings. The topological polar surface area (TPSA) is 72.2 Å². The van der Waals surface area contributed by atoms with Crippen molar-refractivity contribution in [3.05, 3.63) is 33.9 Å². The summed E-state index contributed by atoms with van der Waals surface area (Å²) < 4.78 is 0. The predicted molar refractivity (Wildman–Crippen MR) is 56.5 cm³/mol. The van der Waals surface area contributed by atoms with Crippen molar-refractivity contribution in [2.24, 2.45) is 0 Å². The van der Waals surface area contributed by atoms with Crippen LogP contribution < -0.4 is 5.32 Å². The second-order valence-corrected chi connectivity index (χ2v) is 4.18. The number of rotatable bonds is 2. The lowest BCUT2D eigenvalue weighted by molar-refractivity contribution is -0.496. The molecule has 0 aliphatic carbocycles. The molecular formula is C9H8N2O3S. The Kier molecular flexibility index (Phi) is 2.59. The third-order valence-electron chi connectivity index (χ3n) is 1.99. The summed E-state index contributed by atoms with van der Waals surface area (Å²) in [6.45, 7) is -0.179. The van der Waals surface area contributed by atoms with E-state index in [4.69, 9.17) is 0 Å². The molecule has 0 bridgehead atoms. The molecule has 6 heteroatoms. The minimum absolute atomic E-state index is 0.0328. The summed E-state index contributed by atoms with van der Waals surface area (Å²) in [5.74, 6) is 0.337. The van der Waals surface area contributed by atoms with E-state index < -0.39 is 0 Å². The van der Waals surface area contributed by atoms with Crippen LogP contribution in [0.1, 0.15) is 5.56 Å². The molecule has 15 heavy (non-hydrogen) atoms. The lowest BCUT2D eigenvalue weighted by Crippen LogP contribution is -2.18. The molecule has 0 aromatic heterocycles. The zero-order valence-corrected chi connectivity index (χ0v) is 8.54. The maximum Gasteiger partial charge on any atom is 0.234 e. The van der Waals surface area contributed by atoms with Crippen LogP contribution in [0.15, 0.2) is 23.1 Å². The number of nitrogens with one attached hydrogen (secondary N) is 1. The van der Waals surface area contributed by atoms with E-state index in [-0.39, 0.29) is 17.4 Å². The van der Waals surface area contributed by atoms with Crippen molar-refractivity contribution in [1.82, 2.24) is 0 Å². The van der Waals surface area contributed by atoms with Gasteiger partial charge in [0.15, 0.2) is 0 Å². The first kappa shape index (κ1) is 9.97. The summed E-state index contributed by atoms with van der Waals surface area (Å²) >= 11 is 1.40. The summed E-state index contributed by atoms with van der Waals surface area (Å²) in [7, 11) is 0. The van der Waals surface area contributed by atoms with Crippen molar-refractivity contribution < 1.29 is 9.72 Å². The van der Waals surface area contributed by atoms with Crippen molar-refractivity contribution in [2.75, 3.05) is 11.1 Å². The molecule has 1 N–H and O–H groups in total. The van der Waals surface area contributed by atoms with E-state index in [9.17, 15) is 14.9 Å². The van der Waals surface area contributed by atoms with Crippen LogP contribution in [0.3, 0.4) is 0 Å². The van der Waals surface area contributed by atoms with Crippen LogP contribution in [0.25, 0.3) is 0 Å². The predicted octanol–water partition coefficient (Wildman–Crippen LogP) is 1.51. The highest BCUT2D eigenvalue weighted by atomic mass is 32.2. The van der Waals surface area contributed by atoms with Gasteiger partial charge in [0, 0.05) is 15.4 Å². The van der Waals surface area contributed by atoms with Crippen LogP contribution in [0.4, 0.5) is 5.69 Å². The number of amides is 1. The SMILES string of the molecule is O=C1CSc2cc(C[N+](=O)[O-])ccc2N1. The van der Waals surface area contributed by atoms with Crippen molar-refractivity contribution in [1.29, 1.82) is 0 Å². The van der Waals surface area contributed by atoms with Gasteiger partial charge in [0.2, 0.25) is 12.5 Å². The fourth-order valence-corrected chi connectivity index (χ4v) is 2.23. The zero-order chi connectivity index (χ0) is 10.8. The van der Waals surface area contributed by atoms with E-state index in [0.29, 0.717) is 11.3 Å². The van der Waals surface area contributed by atoms with Gasteiger partial charge < -0.3 is 5.32 Å². The van der Waals surface area contributed by atoms with Crippen LogP contribution in [0.2, 0.25) is 0 Å². The Hall–Kier alpha value is -1.56. The van der Waals surface area contributed by atoms with Gasteiger partial charge in [0.25, 0.3) is 0 Å². The van der Waals surface area contributed by atoms with Crippen LogP contribution in [-0.2, 0) is 11.3 Å². The molecule has 0 atom stereocenters. The van der Waals surface area contributed by atoms with E-state index >= 15 is 0 Å². The first-order chi connectivity index (χ1) is 7.15. The second kappa shape index (κ2) is 3.90. The van der Waals surface area contributed by atoms with Gasteiger partial charge in [-0.05, 0) is 12.1 Å². The number of fused-ring (bicyclic) bond motifs is 1. The van der Waals surface area contributed by atoms with E-state index in [0.717, 1.165) is 10.6 Å². The lowest BCUT2D eigenvalue weighted by Gasteiger charge is -2.16. The van der Waals surface area contributed by atoms with Crippen LogP contribution in [0.5, 0.6) is 0 Å². The summed E-state index contributed by atoms with van der Waals surface area (Å²) in [6, 6.07) is 5.12. The van der Waals surface area contributed by atoms with Gasteiger partial charge in [-0.3, -0.25) is 14.9 Å². The van der Waals surface area contributed by atoms with Gasteiger partial charge in [0.05, 0.1) is 11.4 Å². The third-order valence-corrected chi connectivity index (χ3v) is 3.05. The number of carbonyl (C=O) groups is 1. The van der Waals surface area contributed by atoms with Crippen molar-refractivity contribution in [3.63, 3.8) is 0 Å². The summed E-state index contributed by atoms with van der Waals surface area (Å²) in [5.41, 5.74) is 1.39. The summed E-state index contributed by atoms with van der Waals surface area (Å²) in [5, 5.41) is 13.0. The molecule has 1 heterocycles. The number of nitrogens with zero attached hydrogens (tertiary/aromatic N) is 1. The minimum atomic E-state index is -0.367. The Morgan fingerprint density at radius 2 is 2.33 bits per heavy atom. The number of nitro groups is 1. The molecule has 2 rings (SSSR count). The number of benzene rings is 1. The Labute approximate surface area is 90.0 Å². The van der Waals surface area contributed by atoms with Gasteiger partial charge in [-0.25, -0.2) is 0 Å². The fourth-order valence-electron chi connectivity index (χ4n) is 1.37. The Morgan fingerprint density at radius 3 is 3.07 bits per heavy atom. The number of thioether (sulfide) groups is 1. The van der Waals surface area contributed by atoms with Gasteiger partial charge in [-0.15, -0.1) is 11.8 Å². The molecule has 0 spiro atoms. The van der Waals surface area contributed by atoms with Gasteiger partial charge in [0.1, 0.15) is 0 Å². The minimum Gasteiger partial charge on any atom is -0.324 e. The monoisotopic (exact) mass is 224 g/mol. The fraction of sp³-hybridized carbons (Fsp3) is 0.222. The summed E-state index contributed by atoms with van der Waals surface area (Å²) in [6.07, 6.45) is 0. The first-order valence-electron chi connectivity index (χ1n) is 4.32. The molecule has 78 valence electrons. The third kappa shape index (κ3) is 2.27. The van der Waals surface area contributed by atoms with Crippen LogP contribution in [0, 0.1) is 10.1 Å². The van der Waals surface area contributed by atoms with E-state index in [1.54, 1.807) is 18.2 Å². The Balaban J connectivity index is 2.26. The largest absolute Gasteiger partial charge is 0.324 e. The highest BCUT2D eigenvalue weighted by Crippen LogP contribution is 2.32. The van der Waals surface area contributed by atoms with E-state index in [1.807, 2.05) is 0 Å². The number of carbonyl (C=O) groups excluding carboxylic acids is 1. The number of anilines is 1. The molecule has 1 aromatic rings. The van der Waals surface area contributed by atoms with Crippen molar-refractivity contribution in [2.45, 2.75) is 11.4 Å². The second-order valence-electron chi connectivity index (χ2n) is 3.16. The number of hydrogen-bond acceptors (Lipinski definition) is 4. The van der Waals surface area contributed by atoms with Gasteiger partial charge >= 0.3 is 0 Å². The molecular weight excluding hydrogens is 216 g/mol. The first-order valence-corrected chi connectivity index (χ1v) is 5.31. The van der Waals surface area contributed by atoms with Crippen LogP contribution >= 0.6 is 11.8 Å². The zero-order valence-electron chi connectivity index (χ0n) is 7.73. The average molecular weight is 224 g/mol. The molecule has 0 saturated carbocycles. The Morgan fingerprint density at radius 1 is 1.53 bits per heavy atom. The van der Waals surface area contributed by atoms with E-state index in [1.165, 1.54) is 11.8 Å². The molecule has 1 aromatic carbocycles. The van der Waals surface area contributed by atoms with Crippen molar-refractivity contribution >= 4 is 23.4 Å².